The zero-order chi connectivity index (χ0) is 15.5. The fourth-order valence-corrected chi connectivity index (χ4v) is 2.98. The second-order valence-corrected chi connectivity index (χ2v) is 6.09. The topological polar surface area (TPSA) is 49.3 Å². The number of nitrogens with one attached hydrogen (secondary N) is 1. The van der Waals surface area contributed by atoms with Crippen molar-refractivity contribution in [2.45, 2.75) is 44.6 Å². The predicted molar refractivity (Wildman–Crippen MR) is 75.7 cm³/mol. The maximum absolute atomic E-state index is 13.5. The highest BCUT2D eigenvalue weighted by Gasteiger charge is 2.32. The summed E-state index contributed by atoms with van der Waals surface area (Å²) >= 11 is 0. The molecule has 1 saturated carbocycles. The minimum Gasteiger partial charge on any atom is -0.388 e. The Hall–Kier alpha value is -1.49. The van der Waals surface area contributed by atoms with Crippen molar-refractivity contribution < 1.29 is 18.7 Å². The van der Waals surface area contributed by atoms with Crippen LogP contribution in [0.15, 0.2) is 18.2 Å². The van der Waals surface area contributed by atoms with Crippen LogP contribution in [0, 0.1) is 17.6 Å². The first-order valence-electron chi connectivity index (χ1n) is 7.31. The van der Waals surface area contributed by atoms with Gasteiger partial charge in [-0.3, -0.25) is 4.79 Å². The smallest absolute Gasteiger partial charge is 0.224 e. The summed E-state index contributed by atoms with van der Waals surface area (Å²) < 4.78 is 26.5. The van der Waals surface area contributed by atoms with Gasteiger partial charge in [0.05, 0.1) is 12.0 Å². The van der Waals surface area contributed by atoms with Crippen molar-refractivity contribution in [1.82, 2.24) is 5.32 Å². The standard InChI is InChI=1S/C16H21F2NO2/c1-11-4-3-7-16(21,9-11)10-19-14(20)8-12-5-2-6-13(17)15(12)18/h2,5-6,11,21H,3-4,7-10H2,1H3,(H,19,20). The lowest BCUT2D eigenvalue weighted by Gasteiger charge is -2.35. The van der Waals surface area contributed by atoms with Gasteiger partial charge in [0.25, 0.3) is 0 Å². The molecule has 1 aromatic carbocycles. The van der Waals surface area contributed by atoms with E-state index < -0.39 is 23.1 Å². The van der Waals surface area contributed by atoms with Crippen LogP contribution in [0.1, 0.15) is 38.2 Å². The molecule has 0 aliphatic heterocycles. The van der Waals surface area contributed by atoms with E-state index in [4.69, 9.17) is 0 Å². The van der Waals surface area contributed by atoms with E-state index in [2.05, 4.69) is 12.2 Å². The number of carbonyl (C=O) groups excluding carboxylic acids is 1. The highest BCUT2D eigenvalue weighted by atomic mass is 19.2. The molecule has 0 bridgehead atoms. The van der Waals surface area contributed by atoms with E-state index >= 15 is 0 Å². The van der Waals surface area contributed by atoms with Crippen molar-refractivity contribution in [3.63, 3.8) is 0 Å². The molecule has 1 aromatic rings. The summed E-state index contributed by atoms with van der Waals surface area (Å²) in [4.78, 5) is 11.8. The summed E-state index contributed by atoms with van der Waals surface area (Å²) in [5.74, 6) is -1.93. The fraction of sp³-hybridized carbons (Fsp3) is 0.562. The number of carbonyl (C=O) groups is 1. The first kappa shape index (κ1) is 15.9. The minimum atomic E-state index is -0.988. The van der Waals surface area contributed by atoms with E-state index in [0.717, 1.165) is 18.9 Å². The van der Waals surface area contributed by atoms with E-state index in [0.29, 0.717) is 18.8 Å². The minimum absolute atomic E-state index is 0.0245. The molecule has 0 heterocycles. The van der Waals surface area contributed by atoms with Crippen molar-refractivity contribution in [1.29, 1.82) is 0 Å². The summed E-state index contributed by atoms with van der Waals surface area (Å²) in [5.41, 5.74) is -0.857. The monoisotopic (exact) mass is 297 g/mol. The molecule has 0 spiro atoms. The Kier molecular flexibility index (Phi) is 4.93. The lowest BCUT2D eigenvalue weighted by molar-refractivity contribution is -0.122. The molecule has 116 valence electrons. The first-order valence-corrected chi connectivity index (χ1v) is 7.31. The number of halogens is 2. The van der Waals surface area contributed by atoms with E-state index in [-0.39, 0.29) is 18.5 Å². The molecule has 5 heteroatoms. The molecule has 0 aromatic heterocycles. The van der Waals surface area contributed by atoms with E-state index in [1.54, 1.807) is 0 Å². The summed E-state index contributed by atoms with van der Waals surface area (Å²) in [6, 6.07) is 3.77. The molecule has 3 nitrogen and oxygen atoms in total. The van der Waals surface area contributed by atoms with Gasteiger partial charge in [-0.15, -0.1) is 0 Å². The molecule has 21 heavy (non-hydrogen) atoms. The molecule has 2 unspecified atom stereocenters. The van der Waals surface area contributed by atoms with E-state index in [9.17, 15) is 18.7 Å². The van der Waals surface area contributed by atoms with Crippen molar-refractivity contribution in [2.75, 3.05) is 6.54 Å². The Labute approximate surface area is 123 Å². The Morgan fingerprint density at radius 2 is 2.24 bits per heavy atom. The molecule has 2 N–H and O–H groups in total. The molecule has 1 aliphatic carbocycles. The molecular formula is C16H21F2NO2. The third kappa shape index (κ3) is 4.24. The van der Waals surface area contributed by atoms with Gasteiger partial charge in [0.2, 0.25) is 5.91 Å². The van der Waals surface area contributed by atoms with Gasteiger partial charge >= 0.3 is 0 Å². The third-order valence-electron chi connectivity index (χ3n) is 4.06. The van der Waals surface area contributed by atoms with Crippen LogP contribution in [0.4, 0.5) is 8.78 Å². The molecule has 2 atom stereocenters. The number of amides is 1. The second-order valence-electron chi connectivity index (χ2n) is 6.09. The van der Waals surface area contributed by atoms with Crippen molar-refractivity contribution in [3.05, 3.63) is 35.4 Å². The maximum atomic E-state index is 13.5. The van der Waals surface area contributed by atoms with E-state index in [1.165, 1.54) is 12.1 Å². The Bertz CT molecular complexity index is 521. The number of hydrogen-bond donors (Lipinski definition) is 2. The van der Waals surface area contributed by atoms with E-state index in [1.807, 2.05) is 0 Å². The summed E-state index contributed by atoms with van der Waals surface area (Å²) in [6.07, 6.45) is 3.11. The fourth-order valence-electron chi connectivity index (χ4n) is 2.98. The zero-order valence-electron chi connectivity index (χ0n) is 12.2. The first-order chi connectivity index (χ1) is 9.89. The molecule has 1 fully saturated rings. The Morgan fingerprint density at radius 3 is 2.95 bits per heavy atom. The number of aliphatic hydroxyl groups is 1. The van der Waals surface area contributed by atoms with Crippen LogP contribution in [-0.2, 0) is 11.2 Å². The SMILES string of the molecule is CC1CCCC(O)(CNC(=O)Cc2cccc(F)c2F)C1. The van der Waals surface area contributed by atoms with Gasteiger partial charge in [0.15, 0.2) is 11.6 Å². The predicted octanol–water partition coefficient (Wildman–Crippen LogP) is 2.56. The van der Waals surface area contributed by atoms with Crippen molar-refractivity contribution in [3.8, 4) is 0 Å². The molecular weight excluding hydrogens is 276 g/mol. The van der Waals surface area contributed by atoms with Gasteiger partial charge < -0.3 is 10.4 Å². The van der Waals surface area contributed by atoms with Crippen LogP contribution in [0.25, 0.3) is 0 Å². The Balaban J connectivity index is 1.89. The number of hydrogen-bond acceptors (Lipinski definition) is 2. The largest absolute Gasteiger partial charge is 0.388 e. The zero-order valence-corrected chi connectivity index (χ0v) is 12.2. The quantitative estimate of drug-likeness (QED) is 0.897. The normalized spacial score (nSPS) is 25.6. The van der Waals surface area contributed by atoms with Crippen LogP contribution >= 0.6 is 0 Å². The van der Waals surface area contributed by atoms with Gasteiger partial charge in [-0.25, -0.2) is 8.78 Å². The number of rotatable bonds is 4. The van der Waals surface area contributed by atoms with Gasteiger partial charge in [0.1, 0.15) is 0 Å². The molecule has 0 saturated heterocycles. The summed E-state index contributed by atoms with van der Waals surface area (Å²) in [7, 11) is 0. The maximum Gasteiger partial charge on any atom is 0.224 e. The Morgan fingerprint density at radius 1 is 1.48 bits per heavy atom. The van der Waals surface area contributed by atoms with Gasteiger partial charge in [-0.05, 0) is 24.8 Å². The molecule has 1 amide bonds. The van der Waals surface area contributed by atoms with Crippen LogP contribution in [0.5, 0.6) is 0 Å². The second kappa shape index (κ2) is 6.52. The van der Waals surface area contributed by atoms with Gasteiger partial charge in [-0.1, -0.05) is 31.9 Å². The lowest BCUT2D eigenvalue weighted by atomic mass is 9.79. The highest BCUT2D eigenvalue weighted by molar-refractivity contribution is 5.78. The average molecular weight is 297 g/mol. The van der Waals surface area contributed by atoms with Gasteiger partial charge in [0, 0.05) is 12.1 Å². The average Bonchev–Trinajstić information content (AvgIpc) is 2.42. The van der Waals surface area contributed by atoms with Crippen LogP contribution in [0.2, 0.25) is 0 Å². The van der Waals surface area contributed by atoms with Crippen LogP contribution in [-0.4, -0.2) is 23.2 Å². The van der Waals surface area contributed by atoms with Crippen molar-refractivity contribution >= 4 is 5.91 Å². The number of benzene rings is 1. The molecule has 1 aliphatic rings. The van der Waals surface area contributed by atoms with Crippen LogP contribution in [0.3, 0.4) is 0 Å². The van der Waals surface area contributed by atoms with Crippen LogP contribution < -0.4 is 5.32 Å². The lowest BCUT2D eigenvalue weighted by Crippen LogP contribution is -2.46. The third-order valence-corrected chi connectivity index (χ3v) is 4.06. The highest BCUT2D eigenvalue weighted by Crippen LogP contribution is 2.31. The summed E-state index contributed by atoms with van der Waals surface area (Å²) in [5, 5.41) is 13.0. The summed E-state index contributed by atoms with van der Waals surface area (Å²) in [6.45, 7) is 2.24. The van der Waals surface area contributed by atoms with Crippen molar-refractivity contribution in [2.24, 2.45) is 5.92 Å². The molecule has 0 radical (unpaired) electrons. The van der Waals surface area contributed by atoms with Gasteiger partial charge in [-0.2, -0.15) is 0 Å². The molecule has 2 rings (SSSR count).